The zero-order chi connectivity index (χ0) is 12.4. The number of piperidine rings is 1. The molecule has 1 N–H and O–H groups in total. The van der Waals surface area contributed by atoms with Gasteiger partial charge in [-0.1, -0.05) is 26.2 Å². The Balaban J connectivity index is 1.55. The van der Waals surface area contributed by atoms with Crippen LogP contribution in [0.5, 0.6) is 0 Å². The molecule has 0 aromatic carbocycles. The lowest BCUT2D eigenvalue weighted by Gasteiger charge is -2.43. The molecule has 2 aliphatic carbocycles. The number of rotatable bonds is 3. The van der Waals surface area contributed by atoms with Crippen LogP contribution in [0.1, 0.15) is 64.7 Å². The standard InChI is InChI=1S/C16H30N2/c1-2-17-14-6-5-7-15(14)18-12-10-16(11-13-18)8-3-4-9-16/h14-15,17H,2-13H2,1H3. The van der Waals surface area contributed by atoms with Gasteiger partial charge in [-0.3, -0.25) is 4.90 Å². The van der Waals surface area contributed by atoms with Crippen molar-refractivity contribution in [1.82, 2.24) is 10.2 Å². The monoisotopic (exact) mass is 250 g/mol. The molecule has 2 heteroatoms. The van der Waals surface area contributed by atoms with E-state index in [0.717, 1.165) is 24.0 Å². The SMILES string of the molecule is CCNC1CCCC1N1CCC2(CCCC2)CC1. The summed E-state index contributed by atoms with van der Waals surface area (Å²) in [6.45, 7) is 6.15. The van der Waals surface area contributed by atoms with Crippen LogP contribution in [-0.2, 0) is 0 Å². The van der Waals surface area contributed by atoms with Crippen LogP contribution in [0.4, 0.5) is 0 Å². The Labute approximate surface area is 113 Å². The lowest BCUT2D eigenvalue weighted by molar-refractivity contribution is 0.0683. The van der Waals surface area contributed by atoms with Crippen molar-refractivity contribution < 1.29 is 0 Å². The molecule has 1 spiro atoms. The maximum atomic E-state index is 3.71. The Morgan fingerprint density at radius 2 is 1.72 bits per heavy atom. The van der Waals surface area contributed by atoms with Crippen molar-refractivity contribution in [2.24, 2.45) is 5.41 Å². The molecule has 1 saturated heterocycles. The minimum Gasteiger partial charge on any atom is -0.313 e. The quantitative estimate of drug-likeness (QED) is 0.827. The predicted molar refractivity (Wildman–Crippen MR) is 76.8 cm³/mol. The number of nitrogens with one attached hydrogen (secondary N) is 1. The average Bonchev–Trinajstić information content (AvgIpc) is 3.02. The van der Waals surface area contributed by atoms with Crippen molar-refractivity contribution in [3.05, 3.63) is 0 Å². The van der Waals surface area contributed by atoms with E-state index in [1.807, 2.05) is 0 Å². The fourth-order valence-electron chi connectivity index (χ4n) is 4.83. The third-order valence-corrected chi connectivity index (χ3v) is 5.94. The molecular formula is C16H30N2. The second-order valence-electron chi connectivity index (χ2n) is 6.91. The molecule has 0 aromatic heterocycles. The summed E-state index contributed by atoms with van der Waals surface area (Å²) >= 11 is 0. The van der Waals surface area contributed by atoms with E-state index >= 15 is 0 Å². The number of likely N-dealkylation sites (N-methyl/N-ethyl adjacent to an activating group) is 1. The largest absolute Gasteiger partial charge is 0.313 e. The molecule has 3 fully saturated rings. The van der Waals surface area contributed by atoms with E-state index in [1.165, 1.54) is 70.9 Å². The van der Waals surface area contributed by atoms with Gasteiger partial charge in [0.05, 0.1) is 0 Å². The highest BCUT2D eigenvalue weighted by atomic mass is 15.2. The summed E-state index contributed by atoms with van der Waals surface area (Å²) < 4.78 is 0. The van der Waals surface area contributed by atoms with Gasteiger partial charge in [0.15, 0.2) is 0 Å². The van der Waals surface area contributed by atoms with Crippen molar-refractivity contribution in [2.75, 3.05) is 19.6 Å². The molecule has 3 aliphatic rings. The molecule has 3 rings (SSSR count). The Hall–Kier alpha value is -0.0800. The molecule has 0 amide bonds. The molecule has 0 bridgehead atoms. The number of nitrogens with zero attached hydrogens (tertiary/aromatic N) is 1. The third kappa shape index (κ3) is 2.46. The second-order valence-corrected chi connectivity index (χ2v) is 6.91. The summed E-state index contributed by atoms with van der Waals surface area (Å²) in [6.07, 6.45) is 13.3. The molecule has 2 atom stereocenters. The minimum absolute atomic E-state index is 0.781. The van der Waals surface area contributed by atoms with E-state index in [4.69, 9.17) is 0 Å². The molecule has 0 radical (unpaired) electrons. The maximum absolute atomic E-state index is 3.71. The van der Waals surface area contributed by atoms with Gasteiger partial charge in [0.2, 0.25) is 0 Å². The van der Waals surface area contributed by atoms with E-state index in [9.17, 15) is 0 Å². The van der Waals surface area contributed by atoms with Gasteiger partial charge in [-0.2, -0.15) is 0 Å². The lowest BCUT2D eigenvalue weighted by atomic mass is 9.76. The van der Waals surface area contributed by atoms with Crippen LogP contribution >= 0.6 is 0 Å². The summed E-state index contributed by atoms with van der Waals surface area (Å²) in [7, 11) is 0. The van der Waals surface area contributed by atoms with E-state index in [0.29, 0.717) is 0 Å². The molecule has 0 aromatic rings. The summed E-state index contributed by atoms with van der Waals surface area (Å²) in [5.74, 6) is 0. The Morgan fingerprint density at radius 1 is 1.00 bits per heavy atom. The summed E-state index contributed by atoms with van der Waals surface area (Å²) in [4.78, 5) is 2.82. The van der Waals surface area contributed by atoms with Crippen LogP contribution in [0.2, 0.25) is 0 Å². The zero-order valence-electron chi connectivity index (χ0n) is 12.1. The van der Waals surface area contributed by atoms with Gasteiger partial charge in [0.25, 0.3) is 0 Å². The predicted octanol–water partition coefficient (Wildman–Crippen LogP) is 3.17. The van der Waals surface area contributed by atoms with Gasteiger partial charge < -0.3 is 5.32 Å². The average molecular weight is 250 g/mol. The lowest BCUT2D eigenvalue weighted by Crippen LogP contribution is -2.51. The van der Waals surface area contributed by atoms with Crippen LogP contribution in [-0.4, -0.2) is 36.6 Å². The maximum Gasteiger partial charge on any atom is 0.0249 e. The molecule has 2 saturated carbocycles. The van der Waals surface area contributed by atoms with Crippen molar-refractivity contribution >= 4 is 0 Å². The number of likely N-dealkylation sites (tertiary alicyclic amines) is 1. The van der Waals surface area contributed by atoms with Crippen LogP contribution < -0.4 is 5.32 Å². The molecule has 2 unspecified atom stereocenters. The topological polar surface area (TPSA) is 15.3 Å². The number of hydrogen-bond donors (Lipinski definition) is 1. The summed E-state index contributed by atoms with van der Waals surface area (Å²) in [5, 5.41) is 3.71. The van der Waals surface area contributed by atoms with E-state index < -0.39 is 0 Å². The van der Waals surface area contributed by atoms with E-state index in [-0.39, 0.29) is 0 Å². The molecule has 1 heterocycles. The van der Waals surface area contributed by atoms with Gasteiger partial charge >= 0.3 is 0 Å². The first kappa shape index (κ1) is 12.9. The van der Waals surface area contributed by atoms with Crippen molar-refractivity contribution in [1.29, 1.82) is 0 Å². The van der Waals surface area contributed by atoms with Crippen LogP contribution in [0.15, 0.2) is 0 Å². The first-order valence-electron chi connectivity index (χ1n) is 8.30. The Morgan fingerprint density at radius 3 is 2.39 bits per heavy atom. The highest BCUT2D eigenvalue weighted by molar-refractivity contribution is 4.96. The highest BCUT2D eigenvalue weighted by Crippen LogP contribution is 2.46. The van der Waals surface area contributed by atoms with Crippen LogP contribution in [0, 0.1) is 5.41 Å². The molecular weight excluding hydrogens is 220 g/mol. The fraction of sp³-hybridized carbons (Fsp3) is 1.00. The second kappa shape index (κ2) is 5.50. The van der Waals surface area contributed by atoms with Gasteiger partial charge in [-0.15, -0.1) is 0 Å². The van der Waals surface area contributed by atoms with Gasteiger partial charge in [0, 0.05) is 12.1 Å². The summed E-state index contributed by atoms with van der Waals surface area (Å²) in [6, 6.07) is 1.64. The van der Waals surface area contributed by atoms with E-state index in [1.54, 1.807) is 0 Å². The number of hydrogen-bond acceptors (Lipinski definition) is 2. The first-order chi connectivity index (χ1) is 8.83. The summed E-state index contributed by atoms with van der Waals surface area (Å²) in [5.41, 5.74) is 0.781. The normalized spacial score (nSPS) is 36.5. The van der Waals surface area contributed by atoms with Gasteiger partial charge in [0.1, 0.15) is 0 Å². The molecule has 104 valence electrons. The van der Waals surface area contributed by atoms with Crippen molar-refractivity contribution in [3.8, 4) is 0 Å². The smallest absolute Gasteiger partial charge is 0.0249 e. The fourth-order valence-corrected chi connectivity index (χ4v) is 4.83. The van der Waals surface area contributed by atoms with Crippen LogP contribution in [0.3, 0.4) is 0 Å². The molecule has 2 nitrogen and oxygen atoms in total. The molecule has 18 heavy (non-hydrogen) atoms. The molecule has 1 aliphatic heterocycles. The van der Waals surface area contributed by atoms with Crippen molar-refractivity contribution in [2.45, 2.75) is 76.8 Å². The van der Waals surface area contributed by atoms with E-state index in [2.05, 4.69) is 17.1 Å². The van der Waals surface area contributed by atoms with Crippen molar-refractivity contribution in [3.63, 3.8) is 0 Å². The Bertz CT molecular complexity index is 260. The third-order valence-electron chi connectivity index (χ3n) is 5.94. The van der Waals surface area contributed by atoms with Gasteiger partial charge in [-0.25, -0.2) is 0 Å². The van der Waals surface area contributed by atoms with Crippen LogP contribution in [0.25, 0.3) is 0 Å². The Kier molecular flexibility index (Phi) is 3.95. The zero-order valence-corrected chi connectivity index (χ0v) is 12.1. The minimum atomic E-state index is 0.781. The van der Waals surface area contributed by atoms with Gasteiger partial charge in [-0.05, 0) is 63.6 Å². The highest BCUT2D eigenvalue weighted by Gasteiger charge is 2.40. The first-order valence-corrected chi connectivity index (χ1v) is 8.30.